The van der Waals surface area contributed by atoms with Gasteiger partial charge in [0, 0.05) is 12.6 Å². The number of nitrogens with zero attached hydrogens (tertiary/aromatic N) is 2. The van der Waals surface area contributed by atoms with E-state index in [-0.39, 0.29) is 40.6 Å². The van der Waals surface area contributed by atoms with Gasteiger partial charge in [-0.2, -0.15) is 13.2 Å². The van der Waals surface area contributed by atoms with E-state index in [1.54, 1.807) is 19.9 Å². The van der Waals surface area contributed by atoms with E-state index in [1.807, 2.05) is 0 Å². The average Bonchev–Trinajstić information content (AvgIpc) is 3.12. The lowest BCUT2D eigenvalue weighted by molar-refractivity contribution is -0.137. The number of aromatic nitrogens is 1. The molecule has 0 aliphatic carbocycles. The molecule has 0 saturated heterocycles. The third kappa shape index (κ3) is 5.54. The van der Waals surface area contributed by atoms with Crippen LogP contribution in [0.3, 0.4) is 0 Å². The molecule has 1 unspecified atom stereocenters. The first-order valence-electron chi connectivity index (χ1n) is 10.1. The number of hydrogen-bond donors (Lipinski definition) is 0. The van der Waals surface area contributed by atoms with Crippen LogP contribution in [0.15, 0.2) is 47.0 Å². The lowest BCUT2D eigenvalue weighted by Crippen LogP contribution is -2.36. The zero-order chi connectivity index (χ0) is 24.3. The SMILES string of the molecule is CCN(OC(=O)c1c(-c2c(F)cccc2Cl)noc1C)C(C)Cc1cccc(C(F)(F)F)c1. The van der Waals surface area contributed by atoms with Crippen LogP contribution in [0.4, 0.5) is 17.6 Å². The molecule has 5 nitrogen and oxygen atoms in total. The van der Waals surface area contributed by atoms with Gasteiger partial charge < -0.3 is 9.36 Å². The van der Waals surface area contributed by atoms with Crippen molar-refractivity contribution in [2.75, 3.05) is 6.54 Å². The third-order valence-electron chi connectivity index (χ3n) is 5.06. The standard InChI is InChI=1S/C23H21ClF4N2O3/c1-4-30(13(2)11-15-7-5-8-16(12-15)23(26,27)28)33-22(31)19-14(3)32-29-21(19)20-17(24)9-6-10-18(20)25/h5-10,12-13H,4,11H2,1-3H3. The molecule has 1 atom stereocenters. The van der Waals surface area contributed by atoms with E-state index in [4.69, 9.17) is 21.0 Å². The van der Waals surface area contributed by atoms with E-state index in [9.17, 15) is 22.4 Å². The van der Waals surface area contributed by atoms with Crippen molar-refractivity contribution >= 4 is 17.6 Å². The van der Waals surface area contributed by atoms with Gasteiger partial charge in [0.15, 0.2) is 0 Å². The monoisotopic (exact) mass is 484 g/mol. The number of rotatable bonds is 7. The predicted octanol–water partition coefficient (Wildman–Crippen LogP) is 6.49. The van der Waals surface area contributed by atoms with E-state index in [2.05, 4.69) is 5.16 Å². The molecule has 2 aromatic carbocycles. The normalized spacial score (nSPS) is 12.8. The second-order valence-corrected chi connectivity index (χ2v) is 7.83. The van der Waals surface area contributed by atoms with Crippen molar-refractivity contribution in [1.29, 1.82) is 0 Å². The molecule has 0 amide bonds. The van der Waals surface area contributed by atoms with Crippen molar-refractivity contribution in [2.24, 2.45) is 0 Å². The van der Waals surface area contributed by atoms with E-state index < -0.39 is 29.6 Å². The summed E-state index contributed by atoms with van der Waals surface area (Å²) in [6.07, 6.45) is -4.26. The van der Waals surface area contributed by atoms with Crippen LogP contribution >= 0.6 is 11.6 Å². The highest BCUT2D eigenvalue weighted by Gasteiger charge is 2.31. The zero-order valence-corrected chi connectivity index (χ0v) is 18.8. The fraction of sp³-hybridized carbons (Fsp3) is 0.304. The minimum atomic E-state index is -4.45. The molecule has 0 fully saturated rings. The van der Waals surface area contributed by atoms with Gasteiger partial charge in [-0.05, 0) is 51.0 Å². The van der Waals surface area contributed by atoms with Gasteiger partial charge >= 0.3 is 12.1 Å². The maximum atomic E-state index is 14.4. The summed E-state index contributed by atoms with van der Waals surface area (Å²) in [5.41, 5.74) is -0.595. The van der Waals surface area contributed by atoms with E-state index in [1.165, 1.54) is 36.3 Å². The Labute approximate surface area is 192 Å². The summed E-state index contributed by atoms with van der Waals surface area (Å²) < 4.78 is 58.5. The first-order chi connectivity index (χ1) is 15.5. The summed E-state index contributed by atoms with van der Waals surface area (Å²) in [5.74, 6) is -1.42. The Hall–Kier alpha value is -2.91. The van der Waals surface area contributed by atoms with Crippen LogP contribution in [-0.2, 0) is 17.4 Å². The Kier molecular flexibility index (Phi) is 7.44. The van der Waals surface area contributed by atoms with Crippen molar-refractivity contribution in [2.45, 2.75) is 39.4 Å². The Morgan fingerprint density at radius 1 is 1.24 bits per heavy atom. The van der Waals surface area contributed by atoms with Gasteiger partial charge in [-0.3, -0.25) is 0 Å². The first kappa shape index (κ1) is 24.7. The summed E-state index contributed by atoms with van der Waals surface area (Å²) >= 11 is 6.10. The third-order valence-corrected chi connectivity index (χ3v) is 5.37. The second-order valence-electron chi connectivity index (χ2n) is 7.42. The fourth-order valence-electron chi connectivity index (χ4n) is 3.44. The number of benzene rings is 2. The molecule has 0 saturated carbocycles. The topological polar surface area (TPSA) is 55.6 Å². The van der Waals surface area contributed by atoms with E-state index in [0.717, 1.165) is 12.1 Å². The highest BCUT2D eigenvalue weighted by molar-refractivity contribution is 6.33. The number of carbonyl (C=O) groups is 1. The Balaban J connectivity index is 1.82. The quantitative estimate of drug-likeness (QED) is 0.283. The Bertz CT molecular complexity index is 1130. The molecule has 1 heterocycles. The molecule has 0 radical (unpaired) electrons. The Morgan fingerprint density at radius 3 is 2.58 bits per heavy atom. The molecule has 0 N–H and O–H groups in total. The van der Waals surface area contributed by atoms with Crippen molar-refractivity contribution in [3.05, 3.63) is 75.8 Å². The van der Waals surface area contributed by atoms with E-state index >= 15 is 0 Å². The molecule has 0 spiro atoms. The maximum absolute atomic E-state index is 14.4. The van der Waals surface area contributed by atoms with Crippen molar-refractivity contribution < 1.29 is 31.7 Å². The predicted molar refractivity (Wildman–Crippen MR) is 114 cm³/mol. The Morgan fingerprint density at radius 2 is 1.94 bits per heavy atom. The highest BCUT2D eigenvalue weighted by atomic mass is 35.5. The maximum Gasteiger partial charge on any atom is 0.416 e. The van der Waals surface area contributed by atoms with Gasteiger partial charge in [0.1, 0.15) is 22.8 Å². The van der Waals surface area contributed by atoms with Gasteiger partial charge in [-0.15, -0.1) is 5.06 Å². The number of likely N-dealkylation sites (N-methyl/N-ethyl adjacent to an activating group) is 1. The van der Waals surface area contributed by atoms with Gasteiger partial charge in [0.25, 0.3) is 0 Å². The van der Waals surface area contributed by atoms with Gasteiger partial charge in [0.2, 0.25) is 0 Å². The van der Waals surface area contributed by atoms with E-state index in [0.29, 0.717) is 5.56 Å². The molecule has 3 rings (SSSR count). The fourth-order valence-corrected chi connectivity index (χ4v) is 3.70. The molecule has 176 valence electrons. The lowest BCUT2D eigenvalue weighted by Gasteiger charge is -2.26. The van der Waals surface area contributed by atoms with Crippen LogP contribution in [0.2, 0.25) is 5.02 Å². The molecule has 1 aromatic heterocycles. The second kappa shape index (κ2) is 9.93. The number of aryl methyl sites for hydroxylation is 1. The van der Waals surface area contributed by atoms with Crippen molar-refractivity contribution in [1.82, 2.24) is 10.2 Å². The van der Waals surface area contributed by atoms with Crippen LogP contribution in [-0.4, -0.2) is 28.8 Å². The summed E-state index contributed by atoms with van der Waals surface area (Å²) in [7, 11) is 0. The van der Waals surface area contributed by atoms with Crippen LogP contribution in [0.1, 0.15) is 41.1 Å². The molecule has 0 aliphatic heterocycles. The highest BCUT2D eigenvalue weighted by Crippen LogP contribution is 2.34. The number of halogens is 5. The van der Waals surface area contributed by atoms with Gasteiger partial charge in [-0.25, -0.2) is 9.18 Å². The van der Waals surface area contributed by atoms with Gasteiger partial charge in [-0.1, -0.05) is 41.0 Å². The molecule has 3 aromatic rings. The lowest BCUT2D eigenvalue weighted by atomic mass is 10.0. The number of carbonyl (C=O) groups excluding carboxylic acids is 1. The number of hydrogen-bond acceptors (Lipinski definition) is 5. The minimum Gasteiger partial charge on any atom is -0.363 e. The first-order valence-corrected chi connectivity index (χ1v) is 10.5. The average molecular weight is 485 g/mol. The minimum absolute atomic E-state index is 0.0441. The van der Waals surface area contributed by atoms with Crippen LogP contribution in [0.25, 0.3) is 11.3 Å². The number of alkyl halides is 3. The van der Waals surface area contributed by atoms with Crippen LogP contribution in [0.5, 0.6) is 0 Å². The molecular weight excluding hydrogens is 464 g/mol. The van der Waals surface area contributed by atoms with Gasteiger partial charge in [0.05, 0.1) is 16.1 Å². The summed E-state index contributed by atoms with van der Waals surface area (Å²) in [6.45, 7) is 5.17. The molecule has 33 heavy (non-hydrogen) atoms. The summed E-state index contributed by atoms with van der Waals surface area (Å²) in [5, 5.41) is 5.16. The molecule has 0 bridgehead atoms. The zero-order valence-electron chi connectivity index (χ0n) is 18.0. The largest absolute Gasteiger partial charge is 0.416 e. The van der Waals surface area contributed by atoms with Crippen LogP contribution < -0.4 is 0 Å². The van der Waals surface area contributed by atoms with Crippen molar-refractivity contribution in [3.8, 4) is 11.3 Å². The molecule has 10 heteroatoms. The summed E-state index contributed by atoms with van der Waals surface area (Å²) in [4.78, 5) is 18.5. The van der Waals surface area contributed by atoms with Crippen LogP contribution in [0, 0.1) is 12.7 Å². The molecular formula is C23H21ClF4N2O3. The smallest absolute Gasteiger partial charge is 0.363 e. The van der Waals surface area contributed by atoms with Crippen molar-refractivity contribution in [3.63, 3.8) is 0 Å². The summed E-state index contributed by atoms with van der Waals surface area (Å²) in [6, 6.07) is 8.56. The number of hydroxylamine groups is 2. The molecule has 0 aliphatic rings.